The Bertz CT molecular complexity index is 1050. The summed E-state index contributed by atoms with van der Waals surface area (Å²) in [4.78, 5) is 24.2. The maximum atomic E-state index is 12.5. The number of rotatable bonds is 5. The highest BCUT2D eigenvalue weighted by molar-refractivity contribution is 6.31. The van der Waals surface area contributed by atoms with Gasteiger partial charge in [0.1, 0.15) is 11.6 Å². The summed E-state index contributed by atoms with van der Waals surface area (Å²) in [6.45, 7) is 6.11. The normalized spacial score (nSPS) is 23.9. The fourth-order valence-corrected chi connectivity index (χ4v) is 4.35. The first kappa shape index (κ1) is 24.1. The number of ether oxygens (including phenoxy) is 2. The lowest BCUT2D eigenvalue weighted by Gasteiger charge is -2.31. The molecule has 1 fully saturated rings. The summed E-state index contributed by atoms with van der Waals surface area (Å²) in [6, 6.07) is 5.65. The largest absolute Gasteiger partial charge is 0.495 e. The van der Waals surface area contributed by atoms with Gasteiger partial charge in [0.2, 0.25) is 5.96 Å². The number of allylic oxidation sites excluding steroid dienone is 1. The summed E-state index contributed by atoms with van der Waals surface area (Å²) in [7, 11) is 3.00. The first-order chi connectivity index (χ1) is 16.5. The zero-order valence-electron chi connectivity index (χ0n) is 19.7. The van der Waals surface area contributed by atoms with Crippen molar-refractivity contribution in [1.29, 1.82) is 0 Å². The molecule has 1 aromatic rings. The fourth-order valence-electron chi connectivity index (χ4n) is 4.12. The molecule has 4 rings (SSSR count). The standard InChI is InChI=1S/C24H31ClN6O3/c1-15-14-27-24(30-22(15)28-17-4-6-19(25)21(13-17)33-2)29-16-5-7-20(18(12-16)23(32)34-3)31-10-8-26-9-11-31/h5-7,12-13,15,17,26H,4,8-11,14H2,1-3H3,(H2,27,28,29,30). The van der Waals surface area contributed by atoms with Crippen molar-refractivity contribution in [3.63, 3.8) is 0 Å². The highest BCUT2D eigenvalue weighted by atomic mass is 35.5. The molecule has 0 spiro atoms. The third kappa shape index (κ3) is 5.53. The molecule has 182 valence electrons. The Balaban J connectivity index is 1.51. The molecule has 0 saturated carbocycles. The van der Waals surface area contributed by atoms with Crippen molar-refractivity contribution in [3.8, 4) is 0 Å². The summed E-state index contributed by atoms with van der Waals surface area (Å²) in [5.41, 5.74) is 2.14. The quantitative estimate of drug-likeness (QED) is 0.550. The van der Waals surface area contributed by atoms with Gasteiger partial charge < -0.3 is 30.3 Å². The number of hydrogen-bond donors (Lipinski definition) is 3. The van der Waals surface area contributed by atoms with E-state index in [2.05, 4.69) is 32.8 Å². The molecule has 2 heterocycles. The predicted octanol–water partition coefficient (Wildman–Crippen LogP) is 2.71. The van der Waals surface area contributed by atoms with Crippen molar-refractivity contribution < 1.29 is 14.3 Å². The molecule has 2 unspecified atom stereocenters. The summed E-state index contributed by atoms with van der Waals surface area (Å²) in [5, 5.41) is 10.5. The summed E-state index contributed by atoms with van der Waals surface area (Å²) >= 11 is 6.17. The van der Waals surface area contributed by atoms with Gasteiger partial charge >= 0.3 is 5.97 Å². The van der Waals surface area contributed by atoms with Crippen LogP contribution in [-0.4, -0.2) is 70.7 Å². The van der Waals surface area contributed by atoms with Gasteiger partial charge in [0, 0.05) is 37.8 Å². The van der Waals surface area contributed by atoms with Crippen molar-refractivity contribution in [2.45, 2.75) is 19.4 Å². The van der Waals surface area contributed by atoms with Crippen LogP contribution >= 0.6 is 11.6 Å². The van der Waals surface area contributed by atoms with Crippen LogP contribution in [0.1, 0.15) is 23.7 Å². The Morgan fingerprint density at radius 3 is 2.82 bits per heavy atom. The van der Waals surface area contributed by atoms with Crippen LogP contribution in [0.4, 0.5) is 11.4 Å². The van der Waals surface area contributed by atoms with Crippen LogP contribution in [0.3, 0.4) is 0 Å². The minimum absolute atomic E-state index is 0.0639. The van der Waals surface area contributed by atoms with Gasteiger partial charge in [0.25, 0.3) is 0 Å². The third-order valence-electron chi connectivity index (χ3n) is 6.00. The summed E-state index contributed by atoms with van der Waals surface area (Å²) in [5.74, 6) is 1.84. The zero-order chi connectivity index (χ0) is 24.1. The van der Waals surface area contributed by atoms with Crippen LogP contribution in [-0.2, 0) is 9.47 Å². The number of carbonyl (C=O) groups excluding carboxylic acids is 1. The van der Waals surface area contributed by atoms with Gasteiger partial charge in [-0.3, -0.25) is 9.98 Å². The molecule has 3 N–H and O–H groups in total. The Hall–Kier alpha value is -3.04. The number of hydrogen-bond acceptors (Lipinski definition) is 8. The molecule has 34 heavy (non-hydrogen) atoms. The second-order valence-electron chi connectivity index (χ2n) is 8.41. The molecular weight excluding hydrogens is 456 g/mol. The van der Waals surface area contributed by atoms with Gasteiger partial charge in [-0.05, 0) is 30.7 Å². The van der Waals surface area contributed by atoms with Crippen molar-refractivity contribution >= 4 is 40.7 Å². The average Bonchev–Trinajstić information content (AvgIpc) is 2.87. The number of amidine groups is 1. The van der Waals surface area contributed by atoms with Gasteiger partial charge in [-0.2, -0.15) is 0 Å². The van der Waals surface area contributed by atoms with E-state index in [0.717, 1.165) is 43.4 Å². The van der Waals surface area contributed by atoms with E-state index in [9.17, 15) is 4.79 Å². The van der Waals surface area contributed by atoms with E-state index in [1.807, 2.05) is 30.4 Å². The average molecular weight is 487 g/mol. The van der Waals surface area contributed by atoms with Crippen LogP contribution in [0.15, 0.2) is 51.1 Å². The minimum atomic E-state index is -0.364. The first-order valence-electron chi connectivity index (χ1n) is 11.4. The van der Waals surface area contributed by atoms with E-state index < -0.39 is 0 Å². The highest BCUT2D eigenvalue weighted by Gasteiger charge is 2.23. The molecule has 0 bridgehead atoms. The maximum absolute atomic E-state index is 12.5. The number of guanidine groups is 1. The van der Waals surface area contributed by atoms with E-state index in [1.54, 1.807) is 7.11 Å². The number of esters is 1. The lowest BCUT2D eigenvalue weighted by Crippen LogP contribution is -2.45. The molecule has 9 nitrogen and oxygen atoms in total. The summed E-state index contributed by atoms with van der Waals surface area (Å²) < 4.78 is 10.4. The Morgan fingerprint density at radius 2 is 2.09 bits per heavy atom. The Labute approximate surface area is 204 Å². The Kier molecular flexibility index (Phi) is 7.74. The fraction of sp³-hybridized carbons (Fsp3) is 0.458. The number of halogens is 1. The smallest absolute Gasteiger partial charge is 0.340 e. The van der Waals surface area contributed by atoms with Crippen LogP contribution < -0.4 is 20.9 Å². The Morgan fingerprint density at radius 1 is 1.29 bits per heavy atom. The topological polar surface area (TPSA) is 99.6 Å². The van der Waals surface area contributed by atoms with Crippen molar-refractivity contribution in [2.24, 2.45) is 15.9 Å². The molecule has 3 aliphatic rings. The monoisotopic (exact) mass is 486 g/mol. The molecule has 10 heteroatoms. The molecule has 1 saturated heterocycles. The second kappa shape index (κ2) is 10.9. The molecule has 1 aromatic carbocycles. The number of nitrogens with one attached hydrogen (secondary N) is 3. The minimum Gasteiger partial charge on any atom is -0.495 e. The molecular formula is C24H31ClN6O3. The number of methoxy groups -OCH3 is 2. The molecule has 2 atom stereocenters. The number of piperazine rings is 1. The van der Waals surface area contributed by atoms with E-state index in [0.29, 0.717) is 35.3 Å². The number of nitrogens with zero attached hydrogens (tertiary/aromatic N) is 3. The first-order valence-corrected chi connectivity index (χ1v) is 11.8. The maximum Gasteiger partial charge on any atom is 0.340 e. The molecule has 2 aliphatic heterocycles. The van der Waals surface area contributed by atoms with Crippen LogP contribution in [0.5, 0.6) is 0 Å². The van der Waals surface area contributed by atoms with Gasteiger partial charge in [0.05, 0.1) is 43.1 Å². The van der Waals surface area contributed by atoms with Crippen molar-refractivity contribution in [1.82, 2.24) is 10.6 Å². The lowest BCUT2D eigenvalue weighted by atomic mass is 10.1. The number of aliphatic imine (C=N–C) groups is 2. The number of anilines is 2. The number of benzene rings is 1. The highest BCUT2D eigenvalue weighted by Crippen LogP contribution is 2.27. The van der Waals surface area contributed by atoms with Gasteiger partial charge in [-0.15, -0.1) is 0 Å². The molecule has 0 amide bonds. The summed E-state index contributed by atoms with van der Waals surface area (Å²) in [6.07, 6.45) is 4.56. The van der Waals surface area contributed by atoms with Crippen LogP contribution in [0.2, 0.25) is 0 Å². The lowest BCUT2D eigenvalue weighted by molar-refractivity contribution is 0.0601. The second-order valence-corrected chi connectivity index (χ2v) is 8.81. The van der Waals surface area contributed by atoms with Gasteiger partial charge in [-0.25, -0.2) is 4.79 Å². The zero-order valence-corrected chi connectivity index (χ0v) is 20.5. The van der Waals surface area contributed by atoms with Gasteiger partial charge in [0.15, 0.2) is 0 Å². The van der Waals surface area contributed by atoms with E-state index in [4.69, 9.17) is 26.1 Å². The van der Waals surface area contributed by atoms with Crippen molar-refractivity contribution in [2.75, 3.05) is 57.2 Å². The van der Waals surface area contributed by atoms with E-state index in [1.165, 1.54) is 7.11 Å². The van der Waals surface area contributed by atoms with Crippen LogP contribution in [0, 0.1) is 5.92 Å². The van der Waals surface area contributed by atoms with Crippen molar-refractivity contribution in [3.05, 3.63) is 46.7 Å². The predicted molar refractivity (Wildman–Crippen MR) is 136 cm³/mol. The molecule has 1 aliphatic carbocycles. The van der Waals surface area contributed by atoms with Crippen LogP contribution in [0.25, 0.3) is 0 Å². The van der Waals surface area contributed by atoms with E-state index >= 15 is 0 Å². The number of carbonyl (C=O) groups is 1. The molecule has 0 radical (unpaired) electrons. The van der Waals surface area contributed by atoms with E-state index in [-0.39, 0.29) is 17.9 Å². The van der Waals surface area contributed by atoms with Gasteiger partial charge in [-0.1, -0.05) is 24.6 Å². The molecule has 0 aromatic heterocycles. The third-order valence-corrected chi connectivity index (χ3v) is 6.34. The SMILES string of the molecule is COC(=O)c1cc(NC2=NCC(C)C(=NC3C=C(OC)C(Cl)=CC3)N2)ccc1N1CCNCC1.